The number of benzene rings is 8. The lowest BCUT2D eigenvalue weighted by Crippen LogP contribution is -2.63. The second-order valence-corrected chi connectivity index (χ2v) is 30.8. The molecule has 8 aromatic rings. The van der Waals surface area contributed by atoms with Crippen LogP contribution in [-0.4, -0.2) is 16.1 Å². The van der Waals surface area contributed by atoms with Crippen molar-refractivity contribution in [3.63, 3.8) is 0 Å². The Hall–Kier alpha value is -5.69. The maximum absolute atomic E-state index is 2.65. The van der Waals surface area contributed by atoms with Crippen LogP contribution in [0.3, 0.4) is 0 Å². The van der Waals surface area contributed by atoms with Crippen LogP contribution in [-0.2, 0) is 4.66 Å². The van der Waals surface area contributed by atoms with Crippen molar-refractivity contribution in [2.45, 2.75) is 83.5 Å². The topological polar surface area (TPSA) is 6.48 Å². The predicted octanol–water partition coefficient (Wildman–Crippen LogP) is 17.2. The molecule has 0 atom stereocenters. The van der Waals surface area contributed by atoms with E-state index in [9.17, 15) is 0 Å². The van der Waals surface area contributed by atoms with E-state index in [0.29, 0.717) is 11.8 Å². The first-order chi connectivity index (χ1) is 29.2. The third-order valence-corrected chi connectivity index (χ3v) is 23.5. The summed E-state index contributed by atoms with van der Waals surface area (Å²) in [4.78, 5) is 4.94. The molecular formula is C57H60N2Si2. The standard InChI is InChI=1S/C57H60N2Si2/c1-39(2)41-25-30-46(31-26-41)58(44-19-13-11-14-20-44)48-34-36-49-43(37-48)29-35-52-55-51-24-18-17-23-50(51)54(38-53(55)57(56(49)52,60(5,6)7)61(8,9)10)59(45-21-15-12-16-22-45)47-32-27-42(28-33-47)40(3)4/h11-40H,1-10H3. The summed E-state index contributed by atoms with van der Waals surface area (Å²) < 4.78 is -0.0832. The molecule has 61 heavy (non-hydrogen) atoms. The molecule has 9 rings (SSSR count). The highest BCUT2D eigenvalue weighted by atomic mass is 28.4. The molecule has 0 fully saturated rings. The van der Waals surface area contributed by atoms with Crippen LogP contribution in [0.4, 0.5) is 34.1 Å². The Morgan fingerprint density at radius 1 is 0.410 bits per heavy atom. The maximum atomic E-state index is 2.65. The third-order valence-electron chi connectivity index (χ3n) is 13.5. The highest BCUT2D eigenvalue weighted by Crippen LogP contribution is 2.62. The Morgan fingerprint density at radius 2 is 0.869 bits per heavy atom. The van der Waals surface area contributed by atoms with E-state index in [0.717, 1.165) is 5.69 Å². The SMILES string of the molecule is CC(C)c1ccc(N(c2ccccc2)c2ccc3c4c(ccc3c2)-c2c(cc(N(c3ccccc3)c3ccc(C(C)C)cc3)c3ccccc23)C4([Si](C)(C)C)[Si](C)(C)C)cc1. The van der Waals surface area contributed by atoms with Crippen molar-refractivity contribution in [2.75, 3.05) is 9.80 Å². The fraction of sp³-hybridized carbons (Fsp3) is 0.228. The van der Waals surface area contributed by atoms with Gasteiger partial charge in [-0.15, -0.1) is 0 Å². The van der Waals surface area contributed by atoms with Gasteiger partial charge in [0.2, 0.25) is 0 Å². The van der Waals surface area contributed by atoms with Crippen LogP contribution in [0.5, 0.6) is 0 Å². The molecule has 0 unspecified atom stereocenters. The molecule has 0 heterocycles. The van der Waals surface area contributed by atoms with E-state index < -0.39 is 16.1 Å². The van der Waals surface area contributed by atoms with Crippen LogP contribution in [0.15, 0.2) is 170 Å². The van der Waals surface area contributed by atoms with E-state index in [4.69, 9.17) is 0 Å². The fourth-order valence-corrected chi connectivity index (χ4v) is 24.1. The summed E-state index contributed by atoms with van der Waals surface area (Å²) in [6, 6.07) is 64.3. The molecule has 2 nitrogen and oxygen atoms in total. The maximum Gasteiger partial charge on any atom is 0.0579 e. The number of hydrogen-bond donors (Lipinski definition) is 0. The number of hydrogen-bond acceptors (Lipinski definition) is 2. The van der Waals surface area contributed by atoms with E-state index in [-0.39, 0.29) is 4.66 Å². The first-order valence-electron chi connectivity index (χ1n) is 22.2. The predicted molar refractivity (Wildman–Crippen MR) is 272 cm³/mol. The lowest BCUT2D eigenvalue weighted by Gasteiger charge is -2.52. The van der Waals surface area contributed by atoms with Crippen LogP contribution in [0.25, 0.3) is 32.7 Å². The molecule has 306 valence electrons. The van der Waals surface area contributed by atoms with Gasteiger partial charge in [-0.05, 0) is 128 Å². The van der Waals surface area contributed by atoms with Gasteiger partial charge in [0.15, 0.2) is 0 Å². The fourth-order valence-electron chi connectivity index (χ4n) is 11.1. The summed E-state index contributed by atoms with van der Waals surface area (Å²) in [5, 5.41) is 5.31. The lowest BCUT2D eigenvalue weighted by atomic mass is 9.94. The second-order valence-electron chi connectivity index (χ2n) is 19.8. The van der Waals surface area contributed by atoms with Crippen molar-refractivity contribution in [1.29, 1.82) is 0 Å². The number of para-hydroxylation sites is 2. The minimum absolute atomic E-state index is 0.0832. The van der Waals surface area contributed by atoms with Gasteiger partial charge in [-0.1, -0.05) is 170 Å². The van der Waals surface area contributed by atoms with Gasteiger partial charge in [0.25, 0.3) is 0 Å². The van der Waals surface area contributed by atoms with Crippen LogP contribution in [0.1, 0.15) is 61.8 Å². The van der Waals surface area contributed by atoms with E-state index in [1.807, 2.05) is 0 Å². The zero-order valence-electron chi connectivity index (χ0n) is 37.7. The van der Waals surface area contributed by atoms with Crippen molar-refractivity contribution in [3.8, 4) is 11.1 Å². The Morgan fingerprint density at radius 3 is 1.39 bits per heavy atom. The van der Waals surface area contributed by atoms with Gasteiger partial charge in [0.1, 0.15) is 0 Å². The molecule has 0 amide bonds. The molecule has 0 radical (unpaired) electrons. The Kier molecular flexibility index (Phi) is 10.2. The summed E-state index contributed by atoms with van der Waals surface area (Å²) in [6.45, 7) is 24.9. The molecule has 0 aliphatic heterocycles. The molecule has 0 saturated heterocycles. The molecular weight excluding hydrogens is 769 g/mol. The largest absolute Gasteiger partial charge is 0.310 e. The van der Waals surface area contributed by atoms with Crippen LogP contribution < -0.4 is 9.80 Å². The third kappa shape index (κ3) is 6.67. The Balaban J connectivity index is 1.32. The van der Waals surface area contributed by atoms with Crippen molar-refractivity contribution in [2.24, 2.45) is 0 Å². The average molecular weight is 829 g/mol. The van der Waals surface area contributed by atoms with Crippen molar-refractivity contribution in [1.82, 2.24) is 0 Å². The van der Waals surface area contributed by atoms with Gasteiger partial charge in [-0.3, -0.25) is 0 Å². The molecule has 1 aliphatic rings. The van der Waals surface area contributed by atoms with Crippen LogP contribution in [0, 0.1) is 0 Å². The van der Waals surface area contributed by atoms with Gasteiger partial charge in [0.05, 0.1) is 21.8 Å². The quantitative estimate of drug-likeness (QED) is 0.127. The van der Waals surface area contributed by atoms with Gasteiger partial charge >= 0.3 is 0 Å². The molecule has 0 N–H and O–H groups in total. The summed E-state index contributed by atoms with van der Waals surface area (Å²) in [7, 11) is -4.15. The summed E-state index contributed by atoms with van der Waals surface area (Å²) >= 11 is 0. The minimum Gasteiger partial charge on any atom is -0.310 e. The monoisotopic (exact) mass is 828 g/mol. The lowest BCUT2D eigenvalue weighted by molar-refractivity contribution is 0.866. The zero-order chi connectivity index (χ0) is 42.8. The van der Waals surface area contributed by atoms with E-state index >= 15 is 0 Å². The molecule has 0 saturated carbocycles. The summed E-state index contributed by atoms with van der Waals surface area (Å²) in [5.41, 5.74) is 15.8. The van der Waals surface area contributed by atoms with E-state index in [1.54, 1.807) is 5.56 Å². The summed E-state index contributed by atoms with van der Waals surface area (Å²) in [5.74, 6) is 0.950. The Bertz CT molecular complexity index is 2850. The number of anilines is 6. The normalized spacial score (nSPS) is 13.5. The highest BCUT2D eigenvalue weighted by Gasteiger charge is 2.60. The molecule has 1 aliphatic carbocycles. The van der Waals surface area contributed by atoms with E-state index in [1.165, 1.54) is 77.8 Å². The first kappa shape index (κ1) is 40.7. The van der Waals surface area contributed by atoms with Crippen LogP contribution in [0.2, 0.25) is 39.3 Å². The van der Waals surface area contributed by atoms with Crippen molar-refractivity contribution < 1.29 is 0 Å². The molecule has 8 aromatic carbocycles. The number of rotatable bonds is 10. The van der Waals surface area contributed by atoms with Gasteiger partial charge < -0.3 is 9.80 Å². The smallest absolute Gasteiger partial charge is 0.0579 e. The van der Waals surface area contributed by atoms with Gasteiger partial charge in [-0.25, -0.2) is 0 Å². The molecule has 0 aromatic heterocycles. The number of nitrogens with zero attached hydrogens (tertiary/aromatic N) is 2. The van der Waals surface area contributed by atoms with Crippen LogP contribution >= 0.6 is 0 Å². The average Bonchev–Trinajstić information content (AvgIpc) is 3.58. The van der Waals surface area contributed by atoms with Crippen molar-refractivity contribution in [3.05, 3.63) is 192 Å². The molecule has 0 spiro atoms. The molecule has 4 heteroatoms. The zero-order valence-corrected chi connectivity index (χ0v) is 39.7. The van der Waals surface area contributed by atoms with Crippen molar-refractivity contribution >= 4 is 71.8 Å². The van der Waals surface area contributed by atoms with Gasteiger partial charge in [0, 0.05) is 38.5 Å². The Labute approximate surface area is 366 Å². The van der Waals surface area contributed by atoms with E-state index in [2.05, 4.69) is 247 Å². The molecule has 0 bridgehead atoms. The number of fused-ring (bicyclic) bond motifs is 7. The highest BCUT2D eigenvalue weighted by molar-refractivity contribution is 7.00. The minimum atomic E-state index is -2.08. The van der Waals surface area contributed by atoms with Gasteiger partial charge in [-0.2, -0.15) is 0 Å². The second kappa shape index (κ2) is 15.3. The summed E-state index contributed by atoms with van der Waals surface area (Å²) in [6.07, 6.45) is 0. The first-order valence-corrected chi connectivity index (χ1v) is 29.2.